The van der Waals surface area contributed by atoms with Gasteiger partial charge in [0.1, 0.15) is 5.00 Å². The zero-order valence-corrected chi connectivity index (χ0v) is 23.3. The number of hydrogen-bond donors (Lipinski definition) is 0. The number of thiophene rings is 1. The van der Waals surface area contributed by atoms with Gasteiger partial charge in [0.15, 0.2) is 0 Å². The van der Waals surface area contributed by atoms with Crippen LogP contribution in [0.5, 0.6) is 0 Å². The standard InChI is InChI=1S/C32H18BNS4/c1-2-10-19(11-3-1)34-23-14-6-9-17-26(23)37-30-20-18-27-28-31(29(20)38-32(30)34)36-25-16-8-5-13-22(25)33(28)21-12-4-7-15-24(21)35-27/h1-18H. The molecule has 1 nitrogen and oxygen atoms in total. The average Bonchev–Trinajstić information content (AvgIpc) is 3.34. The van der Waals surface area contributed by atoms with Crippen LogP contribution in [0.4, 0.5) is 16.4 Å². The van der Waals surface area contributed by atoms with E-state index in [9.17, 15) is 0 Å². The van der Waals surface area contributed by atoms with Gasteiger partial charge in [-0.3, -0.25) is 4.90 Å². The molecule has 6 heteroatoms. The highest BCUT2D eigenvalue weighted by molar-refractivity contribution is 8.02. The fraction of sp³-hybridized carbons (Fsp3) is 0. The number of para-hydroxylation sites is 2. The Morgan fingerprint density at radius 3 is 1.97 bits per heavy atom. The van der Waals surface area contributed by atoms with Crippen molar-refractivity contribution in [1.29, 1.82) is 0 Å². The van der Waals surface area contributed by atoms with Crippen molar-refractivity contribution in [3.63, 3.8) is 0 Å². The first-order valence-electron chi connectivity index (χ1n) is 12.6. The minimum atomic E-state index is 0.286. The summed E-state index contributed by atoms with van der Waals surface area (Å²) in [6.45, 7) is 0.286. The van der Waals surface area contributed by atoms with Crippen molar-refractivity contribution < 1.29 is 0 Å². The Kier molecular flexibility index (Phi) is 4.74. The number of nitrogens with zero attached hydrogens (tertiary/aromatic N) is 1. The second-order valence-electron chi connectivity index (χ2n) is 9.68. The number of anilines is 3. The summed E-state index contributed by atoms with van der Waals surface area (Å²) in [7, 11) is 0. The minimum absolute atomic E-state index is 0.286. The third-order valence-corrected chi connectivity index (χ3v) is 12.6. The number of hydrogen-bond acceptors (Lipinski definition) is 5. The van der Waals surface area contributed by atoms with E-state index in [4.69, 9.17) is 0 Å². The maximum absolute atomic E-state index is 2.50. The van der Waals surface area contributed by atoms with E-state index in [1.807, 2.05) is 46.6 Å². The lowest BCUT2D eigenvalue weighted by molar-refractivity contribution is 1.21. The zero-order chi connectivity index (χ0) is 24.8. The smallest absolute Gasteiger partial charge is 0.247 e. The molecule has 0 spiro atoms. The van der Waals surface area contributed by atoms with Crippen molar-refractivity contribution in [2.45, 2.75) is 29.4 Å². The summed E-state index contributed by atoms with van der Waals surface area (Å²) in [5.41, 5.74) is 6.85. The molecule has 0 unspecified atom stereocenters. The van der Waals surface area contributed by atoms with Crippen molar-refractivity contribution >= 4 is 96.2 Å². The first-order valence-corrected chi connectivity index (χ1v) is 15.9. The van der Waals surface area contributed by atoms with E-state index in [1.54, 1.807) is 0 Å². The highest BCUT2D eigenvalue weighted by Crippen LogP contribution is 2.59. The van der Waals surface area contributed by atoms with E-state index >= 15 is 0 Å². The van der Waals surface area contributed by atoms with Crippen LogP contribution in [0.3, 0.4) is 0 Å². The fourth-order valence-electron chi connectivity index (χ4n) is 5.98. The van der Waals surface area contributed by atoms with Gasteiger partial charge in [0.25, 0.3) is 0 Å². The Morgan fingerprint density at radius 2 is 1.18 bits per heavy atom. The molecular weight excluding hydrogens is 537 g/mol. The number of fused-ring (bicyclic) bond motifs is 9. The third kappa shape index (κ3) is 3.00. The van der Waals surface area contributed by atoms with Crippen molar-refractivity contribution in [2.75, 3.05) is 4.90 Å². The predicted molar refractivity (Wildman–Crippen MR) is 166 cm³/mol. The molecule has 6 aromatic rings. The maximum atomic E-state index is 2.50. The van der Waals surface area contributed by atoms with Gasteiger partial charge in [0, 0.05) is 35.6 Å². The van der Waals surface area contributed by atoms with Gasteiger partial charge in [-0.1, -0.05) is 113 Å². The fourth-order valence-corrected chi connectivity index (χ4v) is 11.3. The summed E-state index contributed by atoms with van der Waals surface area (Å²) < 4.78 is 1.42. The van der Waals surface area contributed by atoms with Gasteiger partial charge in [-0.25, -0.2) is 0 Å². The Hall–Kier alpha value is -3.03. The van der Waals surface area contributed by atoms with Crippen LogP contribution >= 0.6 is 46.6 Å². The SMILES string of the molecule is c1ccc(N2c3ccccc3Sc3c2sc2c4c5c(cc32)Sc2ccccc2B5c2ccccc2S4)cc1. The van der Waals surface area contributed by atoms with Gasteiger partial charge in [0.2, 0.25) is 6.71 Å². The molecule has 1 aromatic heterocycles. The van der Waals surface area contributed by atoms with Crippen LogP contribution in [-0.4, -0.2) is 6.71 Å². The quantitative estimate of drug-likeness (QED) is 0.188. The molecule has 0 aliphatic carbocycles. The molecular formula is C32H18BNS4. The van der Waals surface area contributed by atoms with Crippen molar-refractivity contribution in [3.05, 3.63) is 109 Å². The van der Waals surface area contributed by atoms with Gasteiger partial charge in [-0.05, 0) is 47.9 Å². The summed E-state index contributed by atoms with van der Waals surface area (Å²) >= 11 is 7.80. The van der Waals surface area contributed by atoms with Crippen molar-refractivity contribution in [2.24, 2.45) is 0 Å². The lowest BCUT2D eigenvalue weighted by atomic mass is 9.36. The topological polar surface area (TPSA) is 3.24 Å². The van der Waals surface area contributed by atoms with E-state index in [1.165, 1.54) is 72.2 Å². The average molecular weight is 556 g/mol. The summed E-state index contributed by atoms with van der Waals surface area (Å²) in [5.74, 6) is 0. The van der Waals surface area contributed by atoms with Crippen LogP contribution in [0.1, 0.15) is 0 Å². The molecule has 3 aliphatic heterocycles. The molecule has 38 heavy (non-hydrogen) atoms. The second kappa shape index (κ2) is 8.24. The van der Waals surface area contributed by atoms with Gasteiger partial charge in [-0.15, -0.1) is 11.3 Å². The lowest BCUT2D eigenvalue weighted by Crippen LogP contribution is -2.57. The minimum Gasteiger partial charge on any atom is -0.300 e. The molecule has 0 fully saturated rings. The van der Waals surface area contributed by atoms with Crippen LogP contribution < -0.4 is 21.3 Å². The monoisotopic (exact) mass is 555 g/mol. The maximum Gasteiger partial charge on any atom is 0.247 e. The highest BCUT2D eigenvalue weighted by Gasteiger charge is 2.40. The Morgan fingerprint density at radius 1 is 0.553 bits per heavy atom. The molecule has 0 radical (unpaired) electrons. The molecule has 0 bridgehead atoms. The van der Waals surface area contributed by atoms with Crippen LogP contribution in [0.25, 0.3) is 10.1 Å². The normalized spacial score (nSPS) is 14.4. The number of rotatable bonds is 1. The van der Waals surface area contributed by atoms with Crippen LogP contribution in [0, 0.1) is 0 Å². The first kappa shape index (κ1) is 21.9. The van der Waals surface area contributed by atoms with E-state index in [0.29, 0.717) is 0 Å². The van der Waals surface area contributed by atoms with E-state index in [-0.39, 0.29) is 6.71 Å². The molecule has 9 rings (SSSR count). The second-order valence-corrected chi connectivity index (χ2v) is 13.9. The molecule has 0 atom stereocenters. The molecule has 0 saturated heterocycles. The van der Waals surface area contributed by atoms with Gasteiger partial charge in [-0.2, -0.15) is 0 Å². The van der Waals surface area contributed by atoms with Crippen LogP contribution in [0.2, 0.25) is 0 Å². The first-order chi connectivity index (χ1) is 18.8. The summed E-state index contributed by atoms with van der Waals surface area (Å²) in [4.78, 5) is 10.8. The molecule has 5 aromatic carbocycles. The van der Waals surface area contributed by atoms with E-state index in [0.717, 1.165) is 0 Å². The van der Waals surface area contributed by atoms with Gasteiger partial charge in [0.05, 0.1) is 15.3 Å². The number of benzene rings is 5. The Labute approximate surface area is 238 Å². The molecule has 178 valence electrons. The van der Waals surface area contributed by atoms with E-state index < -0.39 is 0 Å². The molecule has 3 aliphatic rings. The van der Waals surface area contributed by atoms with Gasteiger partial charge >= 0.3 is 0 Å². The lowest BCUT2D eigenvalue weighted by Gasteiger charge is -2.33. The molecule has 0 amide bonds. The molecule has 0 N–H and O–H groups in total. The van der Waals surface area contributed by atoms with Crippen LogP contribution in [0.15, 0.2) is 139 Å². The predicted octanol–water partition coefficient (Wildman–Crippen LogP) is 8.28. The summed E-state index contributed by atoms with van der Waals surface area (Å²) in [5, 5.41) is 2.71. The summed E-state index contributed by atoms with van der Waals surface area (Å²) in [6, 6.07) is 40.2. The zero-order valence-electron chi connectivity index (χ0n) is 20.0. The van der Waals surface area contributed by atoms with Crippen LogP contribution in [-0.2, 0) is 0 Å². The summed E-state index contributed by atoms with van der Waals surface area (Å²) in [6.07, 6.45) is 0. The van der Waals surface area contributed by atoms with Crippen molar-refractivity contribution in [3.8, 4) is 0 Å². The van der Waals surface area contributed by atoms with Crippen molar-refractivity contribution in [1.82, 2.24) is 0 Å². The largest absolute Gasteiger partial charge is 0.300 e. The van der Waals surface area contributed by atoms with E-state index in [2.05, 4.69) is 114 Å². The Bertz CT molecular complexity index is 1920. The molecule has 0 saturated carbocycles. The third-order valence-electron chi connectivity index (χ3n) is 7.59. The van der Waals surface area contributed by atoms with Gasteiger partial charge < -0.3 is 0 Å². The highest BCUT2D eigenvalue weighted by atomic mass is 32.2. The molecule has 4 heterocycles. The Balaban J connectivity index is 1.36.